The summed E-state index contributed by atoms with van der Waals surface area (Å²) >= 11 is 0. The molecule has 2 rings (SSSR count). The van der Waals surface area contributed by atoms with Crippen LogP contribution in [0.15, 0.2) is 0 Å². The lowest BCUT2D eigenvalue weighted by molar-refractivity contribution is -0.158. The molecule has 4 N–H and O–H groups in total. The summed E-state index contributed by atoms with van der Waals surface area (Å²) in [6.45, 7) is 14.9. The van der Waals surface area contributed by atoms with Gasteiger partial charge in [-0.2, -0.15) is 0 Å². The van der Waals surface area contributed by atoms with Crippen LogP contribution in [0.4, 0.5) is 0 Å². The van der Waals surface area contributed by atoms with Gasteiger partial charge in [0.05, 0.1) is 25.0 Å². The lowest BCUT2D eigenvalue weighted by Crippen LogP contribution is -2.39. The lowest BCUT2D eigenvalue weighted by Gasteiger charge is -2.22. The number of esters is 4. The molecule has 0 aromatic carbocycles. The Labute approximate surface area is 202 Å². The van der Waals surface area contributed by atoms with E-state index in [9.17, 15) is 19.2 Å². The summed E-state index contributed by atoms with van der Waals surface area (Å²) in [7, 11) is 0. The van der Waals surface area contributed by atoms with Gasteiger partial charge < -0.3 is 30.4 Å². The van der Waals surface area contributed by atoms with Crippen LogP contribution < -0.4 is 11.5 Å². The lowest BCUT2D eigenvalue weighted by atomic mass is 10.1. The maximum atomic E-state index is 11.7. The third-order valence-corrected chi connectivity index (χ3v) is 5.14. The molecule has 0 amide bonds. The second-order valence-electron chi connectivity index (χ2n) is 10.6. The largest absolute Gasteiger partial charge is 0.466 e. The maximum Gasteiger partial charge on any atom is 0.323 e. The molecule has 2 saturated carbocycles. The quantitative estimate of drug-likeness (QED) is 0.382. The Morgan fingerprint density at radius 3 is 1.24 bits per heavy atom. The molecule has 10 nitrogen and oxygen atoms in total. The third-order valence-electron chi connectivity index (χ3n) is 5.14. The number of hydrogen-bond acceptors (Lipinski definition) is 10. The van der Waals surface area contributed by atoms with E-state index < -0.39 is 35.2 Å². The highest BCUT2D eigenvalue weighted by molar-refractivity contribution is 5.82. The average Bonchev–Trinajstić information content (AvgIpc) is 3.58. The molecule has 6 atom stereocenters. The van der Waals surface area contributed by atoms with E-state index in [-0.39, 0.29) is 35.6 Å². The second kappa shape index (κ2) is 12.0. The van der Waals surface area contributed by atoms with Gasteiger partial charge in [0.25, 0.3) is 0 Å². The zero-order valence-corrected chi connectivity index (χ0v) is 21.7. The number of ether oxygens (including phenoxy) is 4. The molecule has 0 aliphatic heterocycles. The van der Waals surface area contributed by atoms with Crippen LogP contribution in [0.25, 0.3) is 0 Å². The Morgan fingerprint density at radius 2 is 1.00 bits per heavy atom. The molecule has 0 saturated heterocycles. The van der Waals surface area contributed by atoms with Gasteiger partial charge >= 0.3 is 23.9 Å². The number of carbonyl (C=O) groups is 4. The van der Waals surface area contributed by atoms with E-state index in [4.69, 9.17) is 30.4 Å². The summed E-state index contributed by atoms with van der Waals surface area (Å²) in [4.78, 5) is 46.1. The molecule has 2 aliphatic carbocycles. The van der Waals surface area contributed by atoms with Crippen LogP contribution in [-0.4, -0.2) is 60.4 Å². The fourth-order valence-electron chi connectivity index (χ4n) is 3.35. The highest BCUT2D eigenvalue weighted by Crippen LogP contribution is 2.42. The molecule has 0 aromatic rings. The first-order valence-electron chi connectivity index (χ1n) is 11.8. The van der Waals surface area contributed by atoms with Crippen LogP contribution in [0.1, 0.15) is 68.2 Å². The first-order chi connectivity index (χ1) is 15.5. The zero-order chi connectivity index (χ0) is 26.4. The van der Waals surface area contributed by atoms with E-state index in [1.165, 1.54) is 0 Å². The first-order valence-corrected chi connectivity index (χ1v) is 11.8. The predicted octanol–water partition coefficient (Wildman–Crippen LogP) is 1.71. The van der Waals surface area contributed by atoms with Gasteiger partial charge in [-0.05, 0) is 80.1 Å². The van der Waals surface area contributed by atoms with Crippen molar-refractivity contribution in [1.29, 1.82) is 0 Å². The molecule has 0 aromatic heterocycles. The predicted molar refractivity (Wildman–Crippen MR) is 124 cm³/mol. The van der Waals surface area contributed by atoms with E-state index in [2.05, 4.69) is 0 Å². The first kappa shape index (κ1) is 29.8. The minimum atomic E-state index is -0.733. The molecule has 34 heavy (non-hydrogen) atoms. The molecule has 196 valence electrons. The van der Waals surface area contributed by atoms with Crippen molar-refractivity contribution in [2.24, 2.45) is 35.1 Å². The van der Waals surface area contributed by atoms with Crippen LogP contribution in [0.3, 0.4) is 0 Å². The maximum absolute atomic E-state index is 11.7. The molecule has 0 bridgehead atoms. The number of nitrogens with two attached hydrogens (primary N) is 2. The number of hydrogen-bond donors (Lipinski definition) is 2. The Bertz CT molecular complexity index is 678. The van der Waals surface area contributed by atoms with E-state index in [0.717, 1.165) is 0 Å². The fraction of sp³-hybridized carbons (Fsp3) is 0.833. The second-order valence-corrected chi connectivity index (χ2v) is 10.6. The highest BCUT2D eigenvalue weighted by Gasteiger charge is 2.51. The highest BCUT2D eigenvalue weighted by atomic mass is 16.6. The van der Waals surface area contributed by atoms with Gasteiger partial charge in [-0.25, -0.2) is 0 Å². The topological polar surface area (TPSA) is 157 Å². The van der Waals surface area contributed by atoms with Gasteiger partial charge in [0.1, 0.15) is 23.3 Å². The van der Waals surface area contributed by atoms with Gasteiger partial charge in [0, 0.05) is 0 Å². The molecular weight excluding hydrogens is 444 g/mol. The number of rotatable bonds is 8. The van der Waals surface area contributed by atoms with E-state index in [0.29, 0.717) is 26.1 Å². The van der Waals surface area contributed by atoms with Crippen LogP contribution in [-0.2, 0) is 38.1 Å². The van der Waals surface area contributed by atoms with E-state index in [1.54, 1.807) is 55.4 Å². The van der Waals surface area contributed by atoms with Crippen LogP contribution in [0.5, 0.6) is 0 Å². The van der Waals surface area contributed by atoms with Crippen LogP contribution in [0.2, 0.25) is 0 Å². The molecule has 0 heterocycles. The van der Waals surface area contributed by atoms with Crippen molar-refractivity contribution in [3.8, 4) is 0 Å². The summed E-state index contributed by atoms with van der Waals surface area (Å²) in [5.74, 6) is -2.18. The Hall–Kier alpha value is -2.20. The molecule has 10 heteroatoms. The SMILES string of the molecule is CCOC(=O)[C@@H]1C[C@H]1C(N)C(=O)OC(C)(C)C.CCOC(=O)[C@H]1C[C@@H]1C(N)C(=O)OC(C)(C)C. The summed E-state index contributed by atoms with van der Waals surface area (Å²) in [5, 5.41) is 0. The Balaban J connectivity index is 0.000000340. The molecule has 2 aliphatic rings. The molecular formula is C24H42N2O8. The summed E-state index contributed by atoms with van der Waals surface area (Å²) in [5.41, 5.74) is 10.4. The molecule has 0 spiro atoms. The van der Waals surface area contributed by atoms with Gasteiger partial charge in [0.2, 0.25) is 0 Å². The van der Waals surface area contributed by atoms with E-state index in [1.807, 2.05) is 0 Å². The standard InChI is InChI=1S/2C12H21NO4/c2*1-5-16-10(14)8-6-7(8)9(13)11(15)17-12(2,3)4/h2*7-9H,5-6,13H2,1-4H3/t2*7-,8-,9?/m10/s1. The smallest absolute Gasteiger partial charge is 0.323 e. The van der Waals surface area contributed by atoms with Gasteiger partial charge in [0.15, 0.2) is 0 Å². The summed E-state index contributed by atoms with van der Waals surface area (Å²) in [6, 6.07) is -1.47. The van der Waals surface area contributed by atoms with Crippen molar-refractivity contribution in [3.63, 3.8) is 0 Å². The normalized spacial score (nSPS) is 25.0. The minimum absolute atomic E-state index is 0.135. The van der Waals surface area contributed by atoms with Crippen molar-refractivity contribution >= 4 is 23.9 Å². The minimum Gasteiger partial charge on any atom is -0.466 e. The average molecular weight is 487 g/mol. The molecule has 2 fully saturated rings. The Morgan fingerprint density at radius 1 is 0.706 bits per heavy atom. The van der Waals surface area contributed by atoms with Gasteiger partial charge in [-0.15, -0.1) is 0 Å². The van der Waals surface area contributed by atoms with E-state index >= 15 is 0 Å². The fourth-order valence-corrected chi connectivity index (χ4v) is 3.35. The van der Waals surface area contributed by atoms with Crippen molar-refractivity contribution in [2.45, 2.75) is 91.5 Å². The summed E-state index contributed by atoms with van der Waals surface area (Å²) in [6.07, 6.45) is 1.22. The van der Waals surface area contributed by atoms with Gasteiger partial charge in [-0.3, -0.25) is 19.2 Å². The van der Waals surface area contributed by atoms with Crippen molar-refractivity contribution < 1.29 is 38.1 Å². The zero-order valence-electron chi connectivity index (χ0n) is 21.7. The summed E-state index contributed by atoms with van der Waals surface area (Å²) < 4.78 is 20.1. The van der Waals surface area contributed by atoms with Crippen LogP contribution >= 0.6 is 0 Å². The van der Waals surface area contributed by atoms with Crippen molar-refractivity contribution in [3.05, 3.63) is 0 Å². The monoisotopic (exact) mass is 486 g/mol. The van der Waals surface area contributed by atoms with Crippen LogP contribution in [0, 0.1) is 23.7 Å². The van der Waals surface area contributed by atoms with Gasteiger partial charge in [-0.1, -0.05) is 0 Å². The van der Waals surface area contributed by atoms with Crippen molar-refractivity contribution in [1.82, 2.24) is 0 Å². The number of carbonyl (C=O) groups excluding carboxylic acids is 4. The molecule has 2 unspecified atom stereocenters. The van der Waals surface area contributed by atoms with Crippen molar-refractivity contribution in [2.75, 3.05) is 13.2 Å². The third kappa shape index (κ3) is 9.97. The Kier molecular flexibility index (Phi) is 10.5. The molecule has 0 radical (unpaired) electrons.